The summed E-state index contributed by atoms with van der Waals surface area (Å²) in [5.74, 6) is 0. The predicted molar refractivity (Wildman–Crippen MR) is 59.6 cm³/mol. The molecular weight excluding hydrogens is 320 g/mol. The molecule has 0 rings (SSSR count). The molecule has 0 aromatic carbocycles. The lowest BCUT2D eigenvalue weighted by Crippen LogP contribution is -1.51. The van der Waals surface area contributed by atoms with Crippen LogP contribution in [0.25, 0.3) is 0 Å². The molecule has 0 heterocycles. The zero-order valence-corrected chi connectivity index (χ0v) is 10.9. The first-order valence-corrected chi connectivity index (χ1v) is 4.67. The Kier molecular flexibility index (Phi) is 14.2. The molecule has 0 atom stereocenters. The molecule has 23 heavy (non-hydrogen) atoms. The lowest BCUT2D eigenvalue weighted by molar-refractivity contribution is 0.735. The topological polar surface area (TPSA) is 283 Å². The molecule has 1 N–H and O–H groups in total. The highest BCUT2D eigenvalue weighted by atomic mass is 15.7. The van der Waals surface area contributed by atoms with E-state index >= 15 is 0 Å². The maximum atomic E-state index is 6.21. The van der Waals surface area contributed by atoms with E-state index in [1.165, 1.54) is 7.05 Å². The van der Waals surface area contributed by atoms with Crippen molar-refractivity contribution in [2.24, 2.45) is 110 Å². The average molecular weight is 324 g/mol. The highest BCUT2D eigenvalue weighted by Gasteiger charge is 1.71. The summed E-state index contributed by atoms with van der Waals surface area (Å²) in [6.07, 6.45) is 0. The first-order valence-electron chi connectivity index (χ1n) is 4.67. The fraction of sp³-hybridized carbons (Fsp3) is 1.00. The molecule has 0 aliphatic rings. The average Bonchev–Trinajstić information content (AvgIpc) is 2.57. The Bertz CT molecular complexity index is 571. The van der Waals surface area contributed by atoms with Gasteiger partial charge in [-0.2, -0.15) is 10.6 Å². The number of nitrogens with zero attached hydrogens (tertiary/aromatic N) is 21. The first-order chi connectivity index (χ1) is 11.4. The third-order valence-electron chi connectivity index (χ3n) is 0.854. The van der Waals surface area contributed by atoms with Crippen molar-refractivity contribution in [3.63, 3.8) is 0 Å². The van der Waals surface area contributed by atoms with Gasteiger partial charge < -0.3 is 0 Å². The van der Waals surface area contributed by atoms with Gasteiger partial charge in [0, 0.05) is 20.9 Å². The summed E-state index contributed by atoms with van der Waals surface area (Å²) in [7, 11) is 1.39. The van der Waals surface area contributed by atoms with Gasteiger partial charge in [-0.25, -0.2) is 0 Å². The summed E-state index contributed by atoms with van der Waals surface area (Å²) >= 11 is 0. The minimum atomic E-state index is 1.39. The molecule has 0 aromatic heterocycles. The summed E-state index contributed by atoms with van der Waals surface area (Å²) in [4.78, 5) is 0. The Morgan fingerprint density at radius 2 is 0.565 bits per heavy atom. The van der Waals surface area contributed by atoms with Crippen LogP contribution in [0.15, 0.2) is 110 Å². The van der Waals surface area contributed by atoms with Gasteiger partial charge in [0.15, 0.2) is 0 Å². The fourth-order valence-corrected chi connectivity index (χ4v) is 0.364. The third-order valence-corrected chi connectivity index (χ3v) is 0.854. The van der Waals surface area contributed by atoms with Crippen LogP contribution in [0.5, 0.6) is 0 Å². The summed E-state index contributed by atoms with van der Waals surface area (Å²) < 4.78 is 0. The van der Waals surface area contributed by atoms with E-state index in [2.05, 4.69) is 110 Å². The standard InChI is InChI=1S/CH4N22/c1-3-5-7-9-11-13-15-17-19-21-23-22-20-18-16-14-12-10-8-6-4-2/h2H,1H3/b4-2?,5-3?,8-6+,9-7+,12-10+,13-11+,16-14+,17-15+,20-18+,21-19+,23-22+. The molecular formula is CH4N22. The van der Waals surface area contributed by atoms with E-state index in [0.717, 1.165) is 0 Å². The van der Waals surface area contributed by atoms with E-state index in [-0.39, 0.29) is 0 Å². The second-order valence-corrected chi connectivity index (χ2v) is 2.00. The zero-order chi connectivity index (χ0) is 16.8. The Morgan fingerprint density at radius 1 is 0.348 bits per heavy atom. The normalized spacial score (nSPS) is 14.5. The van der Waals surface area contributed by atoms with Crippen LogP contribution in [-0.2, 0) is 0 Å². The van der Waals surface area contributed by atoms with Crippen molar-refractivity contribution in [2.75, 3.05) is 7.05 Å². The smallest absolute Gasteiger partial charge is 0.0510 e. The summed E-state index contributed by atoms with van der Waals surface area (Å²) in [5.41, 5.74) is 6.21. The van der Waals surface area contributed by atoms with Gasteiger partial charge in [0.1, 0.15) is 0 Å². The molecule has 118 valence electrons. The van der Waals surface area contributed by atoms with Crippen molar-refractivity contribution < 1.29 is 0 Å². The van der Waals surface area contributed by atoms with Crippen LogP contribution >= 0.6 is 0 Å². The monoisotopic (exact) mass is 324 g/mol. The van der Waals surface area contributed by atoms with Gasteiger partial charge in [-0.3, -0.25) is 0 Å². The van der Waals surface area contributed by atoms with Crippen LogP contribution < -0.4 is 0 Å². The Balaban J connectivity index is 3.90. The number of hydrogen-bond acceptors (Lipinski definition) is 2. The largest absolute Gasteiger partial charge is 0.183 e. The summed E-state index contributed by atoms with van der Waals surface area (Å²) in [5, 5.41) is 62.4. The van der Waals surface area contributed by atoms with E-state index in [1.807, 2.05) is 0 Å². The fourth-order valence-electron chi connectivity index (χ4n) is 0.364. The molecule has 0 bridgehead atoms. The minimum absolute atomic E-state index is 1.39. The van der Waals surface area contributed by atoms with Gasteiger partial charge in [-0.15, -0.1) is 0 Å². The van der Waals surface area contributed by atoms with Crippen molar-refractivity contribution in [3.8, 4) is 0 Å². The molecule has 0 amide bonds. The molecule has 0 unspecified atom stereocenters. The molecule has 0 aromatic rings. The Morgan fingerprint density at radius 3 is 0.783 bits per heavy atom. The van der Waals surface area contributed by atoms with Gasteiger partial charge in [0.25, 0.3) is 0 Å². The lowest BCUT2D eigenvalue weighted by Gasteiger charge is -1.69. The molecule has 0 spiro atoms. The predicted octanol–water partition coefficient (Wildman–Crippen LogP) is 4.32. The molecule has 0 aliphatic carbocycles. The van der Waals surface area contributed by atoms with E-state index in [9.17, 15) is 0 Å². The van der Waals surface area contributed by atoms with Crippen molar-refractivity contribution >= 4 is 0 Å². The Hall–Kier alpha value is -4.40. The van der Waals surface area contributed by atoms with Gasteiger partial charge in [-0.1, -0.05) is 0 Å². The third kappa shape index (κ3) is 17.6. The minimum Gasteiger partial charge on any atom is -0.183 e. The summed E-state index contributed by atoms with van der Waals surface area (Å²) in [6.45, 7) is 0. The molecule has 0 saturated carbocycles. The van der Waals surface area contributed by atoms with E-state index in [1.54, 1.807) is 0 Å². The van der Waals surface area contributed by atoms with Gasteiger partial charge in [0.05, 0.1) is 7.05 Å². The van der Waals surface area contributed by atoms with E-state index < -0.39 is 0 Å². The van der Waals surface area contributed by atoms with Crippen LogP contribution in [0, 0.1) is 5.53 Å². The maximum Gasteiger partial charge on any atom is 0.0510 e. The molecule has 22 heteroatoms. The van der Waals surface area contributed by atoms with Gasteiger partial charge >= 0.3 is 0 Å². The van der Waals surface area contributed by atoms with Gasteiger partial charge in [-0.05, 0) is 83.6 Å². The molecule has 0 saturated heterocycles. The first kappa shape index (κ1) is 18.6. The quantitative estimate of drug-likeness (QED) is 0.433. The van der Waals surface area contributed by atoms with Crippen LogP contribution in [0.1, 0.15) is 0 Å². The van der Waals surface area contributed by atoms with Crippen molar-refractivity contribution in [3.05, 3.63) is 0 Å². The van der Waals surface area contributed by atoms with Gasteiger partial charge in [0.2, 0.25) is 0 Å². The maximum absolute atomic E-state index is 6.21. The molecule has 0 radical (unpaired) electrons. The highest BCUT2D eigenvalue weighted by molar-refractivity contribution is 4.14. The summed E-state index contributed by atoms with van der Waals surface area (Å²) in [6, 6.07) is 0. The molecule has 0 aliphatic heterocycles. The van der Waals surface area contributed by atoms with Crippen molar-refractivity contribution in [1.82, 2.24) is 0 Å². The number of nitrogens with one attached hydrogen (secondary N) is 1. The van der Waals surface area contributed by atoms with Crippen LogP contribution in [0.4, 0.5) is 0 Å². The van der Waals surface area contributed by atoms with E-state index in [0.29, 0.717) is 0 Å². The molecule has 22 nitrogen and oxygen atoms in total. The second-order valence-electron chi connectivity index (χ2n) is 2.00. The van der Waals surface area contributed by atoms with E-state index in [4.69, 9.17) is 5.53 Å². The number of rotatable bonds is 10. The van der Waals surface area contributed by atoms with Crippen LogP contribution in [-0.4, -0.2) is 7.05 Å². The second kappa shape index (κ2) is 17.6. The lowest BCUT2D eigenvalue weighted by atomic mass is 11.6. The Labute approximate surface area is 123 Å². The zero-order valence-electron chi connectivity index (χ0n) is 10.9. The SMILES string of the molecule is CN=N/N=N/N=N/N=N/N=N/N=N/N=N/N=N/N=N/N=N/N=N. The number of hydrogen-bond donors (Lipinski definition) is 1. The highest BCUT2D eigenvalue weighted by Crippen LogP contribution is 1.89. The van der Waals surface area contributed by atoms with Crippen LogP contribution in [0.3, 0.4) is 0 Å². The van der Waals surface area contributed by atoms with Crippen molar-refractivity contribution in [2.45, 2.75) is 0 Å². The van der Waals surface area contributed by atoms with Crippen LogP contribution in [0.2, 0.25) is 0 Å². The van der Waals surface area contributed by atoms with Crippen molar-refractivity contribution in [1.29, 1.82) is 5.53 Å². The molecule has 0 fully saturated rings.